The van der Waals surface area contributed by atoms with Crippen LogP contribution in [0.4, 0.5) is 5.82 Å². The second-order valence-electron chi connectivity index (χ2n) is 6.64. The summed E-state index contributed by atoms with van der Waals surface area (Å²) in [6.07, 6.45) is 3.82. The summed E-state index contributed by atoms with van der Waals surface area (Å²) < 4.78 is 29.4. The summed E-state index contributed by atoms with van der Waals surface area (Å²) in [4.78, 5) is 2.31. The van der Waals surface area contributed by atoms with Crippen LogP contribution >= 0.6 is 11.6 Å². The molecule has 0 aliphatic carbocycles. The topological polar surface area (TPSA) is 71.3 Å². The van der Waals surface area contributed by atoms with Crippen molar-refractivity contribution in [2.45, 2.75) is 11.8 Å². The van der Waals surface area contributed by atoms with E-state index in [0.717, 1.165) is 11.6 Å². The number of halogens is 1. The second-order valence-corrected chi connectivity index (χ2v) is 8.98. The van der Waals surface area contributed by atoms with Gasteiger partial charge >= 0.3 is 0 Å². The van der Waals surface area contributed by atoms with Gasteiger partial charge in [0.1, 0.15) is 0 Å². The maximum atomic E-state index is 13.0. The molecule has 0 spiro atoms. The molecule has 28 heavy (non-hydrogen) atoms. The Kier molecular flexibility index (Phi) is 5.09. The van der Waals surface area contributed by atoms with Gasteiger partial charge in [0.2, 0.25) is 10.0 Å². The molecular weight excluding hydrogens is 398 g/mol. The van der Waals surface area contributed by atoms with E-state index in [1.165, 1.54) is 10.4 Å². The lowest BCUT2D eigenvalue weighted by molar-refractivity contribution is 0.383. The number of sulfonamides is 1. The van der Waals surface area contributed by atoms with Crippen molar-refractivity contribution in [3.05, 3.63) is 65.4 Å². The zero-order chi connectivity index (χ0) is 19.7. The predicted octanol–water partition coefficient (Wildman–Crippen LogP) is 2.74. The fraction of sp³-hybridized carbons (Fsp3) is 0.263. The van der Waals surface area contributed by atoms with Crippen molar-refractivity contribution in [2.24, 2.45) is 0 Å². The molecule has 0 unspecified atom stereocenters. The SMILES string of the molecule is Cc1ccc(Cl)cc1S(=O)(=O)N1CCN(c2ccc(-n3cccc3)nn2)CC1. The number of piperazine rings is 1. The van der Waals surface area contributed by atoms with Crippen LogP contribution in [0.2, 0.25) is 5.02 Å². The van der Waals surface area contributed by atoms with E-state index in [4.69, 9.17) is 11.6 Å². The third-order valence-electron chi connectivity index (χ3n) is 4.84. The van der Waals surface area contributed by atoms with Gasteiger partial charge in [0.05, 0.1) is 4.90 Å². The van der Waals surface area contributed by atoms with Crippen molar-refractivity contribution in [3.63, 3.8) is 0 Å². The number of hydrogen-bond donors (Lipinski definition) is 0. The predicted molar refractivity (Wildman–Crippen MR) is 109 cm³/mol. The van der Waals surface area contributed by atoms with Crippen molar-refractivity contribution in [1.29, 1.82) is 0 Å². The van der Waals surface area contributed by atoms with Gasteiger partial charge in [-0.3, -0.25) is 0 Å². The minimum Gasteiger partial charge on any atom is -0.352 e. The van der Waals surface area contributed by atoms with Gasteiger partial charge in [0.25, 0.3) is 0 Å². The van der Waals surface area contributed by atoms with Gasteiger partial charge in [0.15, 0.2) is 11.6 Å². The zero-order valence-electron chi connectivity index (χ0n) is 15.4. The molecule has 1 saturated heterocycles. The van der Waals surface area contributed by atoms with Gasteiger partial charge in [-0.1, -0.05) is 17.7 Å². The van der Waals surface area contributed by atoms with Crippen LogP contribution in [-0.2, 0) is 10.0 Å². The smallest absolute Gasteiger partial charge is 0.243 e. The molecule has 7 nitrogen and oxygen atoms in total. The van der Waals surface area contributed by atoms with E-state index < -0.39 is 10.0 Å². The van der Waals surface area contributed by atoms with Crippen molar-refractivity contribution in [3.8, 4) is 5.82 Å². The van der Waals surface area contributed by atoms with Crippen molar-refractivity contribution in [1.82, 2.24) is 19.1 Å². The molecule has 1 aliphatic rings. The van der Waals surface area contributed by atoms with E-state index in [1.54, 1.807) is 19.1 Å². The third kappa shape index (κ3) is 3.63. The minimum absolute atomic E-state index is 0.268. The largest absolute Gasteiger partial charge is 0.352 e. The average Bonchev–Trinajstić information content (AvgIpc) is 3.25. The molecule has 0 bridgehead atoms. The number of nitrogens with zero attached hydrogens (tertiary/aromatic N) is 5. The summed E-state index contributed by atoms with van der Waals surface area (Å²) in [5.74, 6) is 1.48. The van der Waals surface area contributed by atoms with Crippen LogP contribution in [0.5, 0.6) is 0 Å². The van der Waals surface area contributed by atoms with Crippen molar-refractivity contribution >= 4 is 27.4 Å². The lowest BCUT2D eigenvalue weighted by atomic mass is 10.2. The highest BCUT2D eigenvalue weighted by atomic mass is 35.5. The molecule has 1 fully saturated rings. The van der Waals surface area contributed by atoms with E-state index in [2.05, 4.69) is 10.2 Å². The maximum absolute atomic E-state index is 13.0. The van der Waals surface area contributed by atoms with Crippen LogP contribution < -0.4 is 4.90 Å². The van der Waals surface area contributed by atoms with E-state index >= 15 is 0 Å². The lowest BCUT2D eigenvalue weighted by Crippen LogP contribution is -2.49. The standard InChI is InChI=1S/C19H20ClN5O2S/c1-15-4-5-16(20)14-17(15)28(26,27)25-12-10-24(11-13-25)19-7-6-18(21-22-19)23-8-2-3-9-23/h2-9,14H,10-13H2,1H3. The van der Waals surface area contributed by atoms with Gasteiger partial charge in [-0.05, 0) is 48.9 Å². The Bertz CT molecular complexity index is 1060. The van der Waals surface area contributed by atoms with E-state index in [0.29, 0.717) is 36.8 Å². The Balaban J connectivity index is 1.46. The Hall–Kier alpha value is -2.42. The van der Waals surface area contributed by atoms with Crippen molar-refractivity contribution in [2.75, 3.05) is 31.1 Å². The summed E-state index contributed by atoms with van der Waals surface area (Å²) in [6, 6.07) is 12.6. The number of anilines is 1. The lowest BCUT2D eigenvalue weighted by Gasteiger charge is -2.34. The molecule has 0 radical (unpaired) electrons. The Morgan fingerprint density at radius 1 is 0.929 bits per heavy atom. The molecule has 3 heterocycles. The first-order valence-electron chi connectivity index (χ1n) is 8.93. The normalized spacial score (nSPS) is 15.7. The molecular formula is C19H20ClN5O2S. The summed E-state index contributed by atoms with van der Waals surface area (Å²) >= 11 is 6.01. The molecule has 0 saturated carbocycles. The first kappa shape index (κ1) is 18.9. The van der Waals surface area contributed by atoms with Crippen molar-refractivity contribution < 1.29 is 8.42 Å². The third-order valence-corrected chi connectivity index (χ3v) is 7.11. The number of rotatable bonds is 4. The highest BCUT2D eigenvalue weighted by Gasteiger charge is 2.30. The quantitative estimate of drug-likeness (QED) is 0.652. The molecule has 146 valence electrons. The van der Waals surface area contributed by atoms with Crippen LogP contribution in [0.15, 0.2) is 59.8 Å². The van der Waals surface area contributed by atoms with Crippen LogP contribution in [-0.4, -0.2) is 53.7 Å². The number of benzene rings is 1. The van der Waals surface area contributed by atoms with Gasteiger partial charge < -0.3 is 9.47 Å². The van der Waals surface area contributed by atoms with Gasteiger partial charge in [-0.25, -0.2) is 8.42 Å². The summed E-state index contributed by atoms with van der Waals surface area (Å²) in [7, 11) is -3.57. The molecule has 1 aromatic carbocycles. The number of aryl methyl sites for hydroxylation is 1. The van der Waals surface area contributed by atoms with Crippen LogP contribution in [0.25, 0.3) is 5.82 Å². The molecule has 4 rings (SSSR count). The highest BCUT2D eigenvalue weighted by molar-refractivity contribution is 7.89. The van der Waals surface area contributed by atoms with Gasteiger partial charge in [0, 0.05) is 43.6 Å². The van der Waals surface area contributed by atoms with E-state index in [9.17, 15) is 8.42 Å². The fourth-order valence-corrected chi connectivity index (χ4v) is 5.17. The Morgan fingerprint density at radius 2 is 1.57 bits per heavy atom. The zero-order valence-corrected chi connectivity index (χ0v) is 16.9. The molecule has 9 heteroatoms. The highest BCUT2D eigenvalue weighted by Crippen LogP contribution is 2.25. The van der Waals surface area contributed by atoms with Crippen LogP contribution in [0.1, 0.15) is 5.56 Å². The fourth-order valence-electron chi connectivity index (χ4n) is 3.26. The molecule has 3 aromatic rings. The van der Waals surface area contributed by atoms with Gasteiger partial charge in [-0.2, -0.15) is 4.31 Å². The van der Waals surface area contributed by atoms with Crippen LogP contribution in [0.3, 0.4) is 0 Å². The first-order valence-corrected chi connectivity index (χ1v) is 10.8. The molecule has 0 N–H and O–H groups in total. The Morgan fingerprint density at radius 3 is 2.21 bits per heavy atom. The monoisotopic (exact) mass is 417 g/mol. The second kappa shape index (κ2) is 7.54. The molecule has 0 atom stereocenters. The minimum atomic E-state index is -3.57. The number of aromatic nitrogens is 3. The summed E-state index contributed by atoms with van der Waals surface area (Å²) in [6.45, 7) is 3.65. The Labute approximate surface area is 169 Å². The maximum Gasteiger partial charge on any atom is 0.243 e. The molecule has 2 aromatic heterocycles. The molecule has 0 amide bonds. The van der Waals surface area contributed by atoms with Gasteiger partial charge in [-0.15, -0.1) is 10.2 Å². The first-order chi connectivity index (χ1) is 13.4. The van der Waals surface area contributed by atoms with E-state index in [-0.39, 0.29) is 4.90 Å². The van der Waals surface area contributed by atoms with E-state index in [1.807, 2.05) is 46.1 Å². The molecule has 1 aliphatic heterocycles. The summed E-state index contributed by atoms with van der Waals surface area (Å²) in [5, 5.41) is 8.97. The average molecular weight is 418 g/mol. The summed E-state index contributed by atoms with van der Waals surface area (Å²) in [5.41, 5.74) is 0.693. The number of hydrogen-bond acceptors (Lipinski definition) is 5. The van der Waals surface area contributed by atoms with Crippen LogP contribution in [0, 0.1) is 6.92 Å².